The smallest absolute Gasteiger partial charge is 0.267 e. The molecule has 1 aliphatic heterocycles. The fourth-order valence-corrected chi connectivity index (χ4v) is 3.08. The van der Waals surface area contributed by atoms with Crippen LogP contribution in [-0.2, 0) is 0 Å². The van der Waals surface area contributed by atoms with Crippen molar-refractivity contribution in [3.05, 3.63) is 108 Å². The molecule has 1 aliphatic rings. The average Bonchev–Trinajstić information content (AvgIpc) is 3.18. The number of carbonyl (C=O) groups excluding carboxylic acids is 1. The first-order valence-electron chi connectivity index (χ1n) is 8.91. The van der Waals surface area contributed by atoms with E-state index in [0.717, 1.165) is 16.8 Å². The van der Waals surface area contributed by atoms with E-state index in [4.69, 9.17) is 0 Å². The number of hydrogen-bond acceptors (Lipinski definition) is 3. The summed E-state index contributed by atoms with van der Waals surface area (Å²) in [5, 5.41) is 6.22. The molecule has 1 unspecified atom stereocenters. The van der Waals surface area contributed by atoms with Gasteiger partial charge < -0.3 is 0 Å². The van der Waals surface area contributed by atoms with E-state index >= 15 is 0 Å². The summed E-state index contributed by atoms with van der Waals surface area (Å²) in [4.78, 5) is 17.2. The minimum Gasteiger partial charge on any atom is -0.267 e. The van der Waals surface area contributed by atoms with E-state index < -0.39 is 0 Å². The molecule has 0 fully saturated rings. The van der Waals surface area contributed by atoms with Crippen molar-refractivity contribution in [1.82, 2.24) is 9.99 Å². The van der Waals surface area contributed by atoms with Crippen LogP contribution in [0.5, 0.6) is 0 Å². The zero-order chi connectivity index (χ0) is 18.5. The van der Waals surface area contributed by atoms with Crippen LogP contribution >= 0.6 is 0 Å². The Hall–Kier alpha value is -3.53. The highest BCUT2D eigenvalue weighted by Crippen LogP contribution is 2.24. The quantitative estimate of drug-likeness (QED) is 0.697. The summed E-state index contributed by atoms with van der Waals surface area (Å²) in [7, 11) is 0. The van der Waals surface area contributed by atoms with Crippen LogP contribution in [0.4, 0.5) is 0 Å². The summed E-state index contributed by atoms with van der Waals surface area (Å²) >= 11 is 0. The second-order valence-electron chi connectivity index (χ2n) is 6.35. The van der Waals surface area contributed by atoms with Crippen LogP contribution in [0.25, 0.3) is 6.08 Å². The molecule has 2 aromatic carbocycles. The molecule has 4 nitrogen and oxygen atoms in total. The lowest BCUT2D eigenvalue weighted by Crippen LogP contribution is -2.31. The maximum absolute atomic E-state index is 13.0. The molecule has 27 heavy (non-hydrogen) atoms. The predicted molar refractivity (Wildman–Crippen MR) is 107 cm³/mol. The molecule has 4 heteroatoms. The minimum atomic E-state index is -0.131. The van der Waals surface area contributed by atoms with Gasteiger partial charge in [0.1, 0.15) is 0 Å². The minimum absolute atomic E-state index is 0.0998. The van der Waals surface area contributed by atoms with Crippen LogP contribution in [-0.4, -0.2) is 27.7 Å². The number of amides is 1. The monoisotopic (exact) mass is 353 g/mol. The number of benzene rings is 2. The summed E-state index contributed by atoms with van der Waals surface area (Å²) in [5.74, 6) is -0.0998. The molecule has 0 bridgehead atoms. The number of rotatable bonds is 4. The van der Waals surface area contributed by atoms with Crippen molar-refractivity contribution >= 4 is 17.7 Å². The number of pyridine rings is 1. The molecule has 0 radical (unpaired) electrons. The van der Waals surface area contributed by atoms with E-state index in [2.05, 4.69) is 10.1 Å². The third-order valence-electron chi connectivity index (χ3n) is 4.48. The van der Waals surface area contributed by atoms with Crippen LogP contribution in [0.3, 0.4) is 0 Å². The van der Waals surface area contributed by atoms with Crippen molar-refractivity contribution in [2.24, 2.45) is 5.10 Å². The highest BCUT2D eigenvalue weighted by Gasteiger charge is 2.30. The molecule has 1 amide bonds. The molecule has 0 spiro atoms. The normalized spacial score (nSPS) is 16.5. The van der Waals surface area contributed by atoms with Crippen LogP contribution in [0, 0.1) is 0 Å². The van der Waals surface area contributed by atoms with Gasteiger partial charge in [0.25, 0.3) is 5.91 Å². The van der Waals surface area contributed by atoms with Crippen molar-refractivity contribution in [2.45, 2.75) is 12.5 Å². The van der Waals surface area contributed by atoms with Gasteiger partial charge in [0, 0.05) is 29.9 Å². The Balaban J connectivity index is 1.65. The third kappa shape index (κ3) is 3.85. The fourth-order valence-electron chi connectivity index (χ4n) is 3.08. The van der Waals surface area contributed by atoms with E-state index in [1.807, 2.05) is 84.9 Å². The topological polar surface area (TPSA) is 45.6 Å². The summed E-state index contributed by atoms with van der Waals surface area (Å²) in [6.07, 6.45) is 8.26. The lowest BCUT2D eigenvalue weighted by atomic mass is 10.0. The van der Waals surface area contributed by atoms with Gasteiger partial charge >= 0.3 is 0 Å². The summed E-state index contributed by atoms with van der Waals surface area (Å²) < 4.78 is 0. The number of nitrogens with zero attached hydrogens (tertiary/aromatic N) is 3. The fraction of sp³-hybridized carbons (Fsp3) is 0.0870. The first-order chi connectivity index (χ1) is 13.3. The Morgan fingerprint density at radius 3 is 2.41 bits per heavy atom. The molecule has 0 N–H and O–H groups in total. The van der Waals surface area contributed by atoms with Crippen molar-refractivity contribution in [1.29, 1.82) is 0 Å². The molecule has 0 saturated heterocycles. The van der Waals surface area contributed by atoms with Gasteiger partial charge in [-0.05, 0) is 23.8 Å². The van der Waals surface area contributed by atoms with E-state index in [9.17, 15) is 4.79 Å². The first-order valence-corrected chi connectivity index (χ1v) is 8.91. The average molecular weight is 353 g/mol. The third-order valence-corrected chi connectivity index (χ3v) is 4.48. The van der Waals surface area contributed by atoms with Crippen LogP contribution < -0.4 is 0 Å². The van der Waals surface area contributed by atoms with E-state index in [-0.39, 0.29) is 11.9 Å². The molecular formula is C23H19N3O. The van der Waals surface area contributed by atoms with Crippen molar-refractivity contribution < 1.29 is 4.79 Å². The second-order valence-corrected chi connectivity index (χ2v) is 6.35. The zero-order valence-corrected chi connectivity index (χ0v) is 14.8. The Bertz CT molecular complexity index is 966. The lowest BCUT2D eigenvalue weighted by molar-refractivity contribution is 0.0742. The molecule has 2 heterocycles. The van der Waals surface area contributed by atoms with Gasteiger partial charge in [0.15, 0.2) is 0 Å². The molecule has 1 atom stereocenters. The molecule has 4 rings (SSSR count). The second kappa shape index (κ2) is 7.79. The summed E-state index contributed by atoms with van der Waals surface area (Å²) in [6, 6.07) is 23.1. The standard InChI is InChI=1S/C23H19N3O/c27-23(19-10-5-2-6-11-19)26-21(14-13-18-8-3-1-4-9-18)16-22(25-26)20-12-7-15-24-17-20/h1-15,17,21H,16H2/b14-13+. The highest BCUT2D eigenvalue weighted by molar-refractivity contribution is 6.05. The maximum Gasteiger partial charge on any atom is 0.274 e. The summed E-state index contributed by atoms with van der Waals surface area (Å²) in [6.45, 7) is 0. The van der Waals surface area contributed by atoms with Crippen molar-refractivity contribution in [3.8, 4) is 0 Å². The van der Waals surface area contributed by atoms with Crippen LogP contribution in [0.1, 0.15) is 27.9 Å². The number of hydrazone groups is 1. The summed E-state index contributed by atoms with van der Waals surface area (Å²) in [5.41, 5.74) is 3.54. The Morgan fingerprint density at radius 2 is 1.70 bits per heavy atom. The van der Waals surface area contributed by atoms with Gasteiger partial charge in [-0.2, -0.15) is 5.10 Å². The van der Waals surface area contributed by atoms with Gasteiger partial charge in [-0.1, -0.05) is 66.7 Å². The van der Waals surface area contributed by atoms with Gasteiger partial charge in [-0.15, -0.1) is 0 Å². The molecule has 132 valence electrons. The van der Waals surface area contributed by atoms with Gasteiger partial charge in [0.2, 0.25) is 0 Å². The zero-order valence-electron chi connectivity index (χ0n) is 14.8. The Morgan fingerprint density at radius 1 is 0.963 bits per heavy atom. The van der Waals surface area contributed by atoms with Gasteiger partial charge in [-0.25, -0.2) is 5.01 Å². The highest BCUT2D eigenvalue weighted by atomic mass is 16.2. The maximum atomic E-state index is 13.0. The first kappa shape index (κ1) is 16.9. The number of aromatic nitrogens is 1. The van der Waals surface area contributed by atoms with Gasteiger partial charge in [0.05, 0.1) is 11.8 Å². The SMILES string of the molecule is O=C(c1ccccc1)N1N=C(c2cccnc2)CC1/C=C/c1ccccc1. The molecule has 0 saturated carbocycles. The van der Waals surface area contributed by atoms with E-state index in [1.54, 1.807) is 17.4 Å². The Labute approximate surface area is 158 Å². The van der Waals surface area contributed by atoms with E-state index in [1.165, 1.54) is 0 Å². The molecule has 1 aromatic heterocycles. The van der Waals surface area contributed by atoms with Gasteiger partial charge in [-0.3, -0.25) is 9.78 Å². The molecular weight excluding hydrogens is 334 g/mol. The molecule has 3 aromatic rings. The largest absolute Gasteiger partial charge is 0.274 e. The van der Waals surface area contributed by atoms with E-state index in [0.29, 0.717) is 12.0 Å². The lowest BCUT2D eigenvalue weighted by Gasteiger charge is -2.18. The molecule has 0 aliphatic carbocycles. The van der Waals surface area contributed by atoms with Crippen LogP contribution in [0.2, 0.25) is 0 Å². The van der Waals surface area contributed by atoms with Crippen molar-refractivity contribution in [2.75, 3.05) is 0 Å². The predicted octanol–water partition coefficient (Wildman–Crippen LogP) is 4.41. The van der Waals surface area contributed by atoms with Crippen LogP contribution in [0.15, 0.2) is 96.4 Å². The number of hydrogen-bond donors (Lipinski definition) is 0. The Kier molecular flexibility index (Phi) is 4.88. The van der Waals surface area contributed by atoms with Crippen molar-refractivity contribution in [3.63, 3.8) is 0 Å². The number of carbonyl (C=O) groups is 1.